The molecule has 0 aliphatic carbocycles. The molecule has 82 valence electrons. The number of rotatable bonds is 4. The largest absolute Gasteiger partial charge is 0.379 e. The summed E-state index contributed by atoms with van der Waals surface area (Å²) in [6.45, 7) is 8.23. The van der Waals surface area contributed by atoms with Gasteiger partial charge in [0.25, 0.3) is 0 Å². The summed E-state index contributed by atoms with van der Waals surface area (Å²) < 4.78 is 7.43. The molecule has 1 unspecified atom stereocenters. The van der Waals surface area contributed by atoms with Crippen LogP contribution in [0.25, 0.3) is 0 Å². The standard InChI is InChI=1S/C11H17N3O/c1-3-6-14-7-5-12-10(14)13-11(2)4-8-15-9-11/h3,5,7H,1,4,6,8-9H2,2H3,(H,12,13). The highest BCUT2D eigenvalue weighted by Gasteiger charge is 2.30. The van der Waals surface area contributed by atoms with Gasteiger partial charge in [0.1, 0.15) is 0 Å². The minimum absolute atomic E-state index is 0.0181. The molecule has 0 spiro atoms. The van der Waals surface area contributed by atoms with E-state index in [0.717, 1.165) is 32.1 Å². The number of allylic oxidation sites excluding steroid dienone is 1. The Kier molecular flexibility index (Phi) is 2.77. The van der Waals surface area contributed by atoms with Crippen LogP contribution in [0, 0.1) is 0 Å². The number of nitrogens with one attached hydrogen (secondary N) is 1. The van der Waals surface area contributed by atoms with Gasteiger partial charge in [0.2, 0.25) is 5.95 Å². The van der Waals surface area contributed by atoms with Gasteiger partial charge >= 0.3 is 0 Å². The minimum atomic E-state index is 0.0181. The Hall–Kier alpha value is -1.29. The quantitative estimate of drug-likeness (QED) is 0.763. The maximum absolute atomic E-state index is 5.39. The van der Waals surface area contributed by atoms with E-state index in [1.807, 2.05) is 16.8 Å². The molecule has 1 N–H and O–H groups in total. The molecule has 0 radical (unpaired) electrons. The first-order chi connectivity index (χ1) is 7.23. The molecule has 4 nitrogen and oxygen atoms in total. The van der Waals surface area contributed by atoms with Crippen molar-refractivity contribution >= 4 is 5.95 Å². The topological polar surface area (TPSA) is 39.1 Å². The lowest BCUT2D eigenvalue weighted by Gasteiger charge is -2.24. The molecule has 0 bridgehead atoms. The third-order valence-electron chi connectivity index (χ3n) is 2.67. The maximum atomic E-state index is 5.39. The van der Waals surface area contributed by atoms with E-state index in [9.17, 15) is 0 Å². The van der Waals surface area contributed by atoms with E-state index in [2.05, 4.69) is 23.8 Å². The van der Waals surface area contributed by atoms with E-state index in [1.54, 1.807) is 6.20 Å². The third kappa shape index (κ3) is 2.21. The van der Waals surface area contributed by atoms with Gasteiger partial charge in [0, 0.05) is 25.5 Å². The van der Waals surface area contributed by atoms with Crippen molar-refractivity contribution in [2.75, 3.05) is 18.5 Å². The molecule has 0 aromatic carbocycles. The lowest BCUT2D eigenvalue weighted by atomic mass is 10.0. The van der Waals surface area contributed by atoms with Crippen LogP contribution in [0.1, 0.15) is 13.3 Å². The predicted molar refractivity (Wildman–Crippen MR) is 59.9 cm³/mol. The number of hydrogen-bond acceptors (Lipinski definition) is 3. The van der Waals surface area contributed by atoms with Gasteiger partial charge in [-0.2, -0.15) is 0 Å². The van der Waals surface area contributed by atoms with E-state index in [-0.39, 0.29) is 5.54 Å². The summed E-state index contributed by atoms with van der Waals surface area (Å²) in [6, 6.07) is 0. The van der Waals surface area contributed by atoms with Crippen molar-refractivity contribution in [3.05, 3.63) is 25.0 Å². The molecule has 1 aliphatic rings. The maximum Gasteiger partial charge on any atom is 0.203 e. The lowest BCUT2D eigenvalue weighted by Crippen LogP contribution is -2.36. The Morgan fingerprint density at radius 3 is 3.33 bits per heavy atom. The number of hydrogen-bond donors (Lipinski definition) is 1. The molecular formula is C11H17N3O. The van der Waals surface area contributed by atoms with Gasteiger partial charge < -0.3 is 14.6 Å². The Morgan fingerprint density at radius 1 is 1.80 bits per heavy atom. The molecule has 4 heteroatoms. The van der Waals surface area contributed by atoms with Crippen molar-refractivity contribution < 1.29 is 4.74 Å². The highest BCUT2D eigenvalue weighted by Crippen LogP contribution is 2.22. The zero-order valence-corrected chi connectivity index (χ0v) is 9.07. The van der Waals surface area contributed by atoms with Crippen molar-refractivity contribution in [2.45, 2.75) is 25.4 Å². The Morgan fingerprint density at radius 2 is 2.67 bits per heavy atom. The molecular weight excluding hydrogens is 190 g/mol. The van der Waals surface area contributed by atoms with Gasteiger partial charge in [0.05, 0.1) is 12.1 Å². The average Bonchev–Trinajstić information content (AvgIpc) is 2.78. The smallest absolute Gasteiger partial charge is 0.203 e. The van der Waals surface area contributed by atoms with E-state index < -0.39 is 0 Å². The van der Waals surface area contributed by atoms with Crippen molar-refractivity contribution in [2.24, 2.45) is 0 Å². The normalized spacial score (nSPS) is 25.4. The minimum Gasteiger partial charge on any atom is -0.379 e. The van der Waals surface area contributed by atoms with Crippen LogP contribution in [0.4, 0.5) is 5.95 Å². The summed E-state index contributed by atoms with van der Waals surface area (Å²) in [5, 5.41) is 3.43. The van der Waals surface area contributed by atoms with Crippen molar-refractivity contribution in [1.82, 2.24) is 9.55 Å². The van der Waals surface area contributed by atoms with Crippen LogP contribution in [0.15, 0.2) is 25.0 Å². The number of anilines is 1. The number of ether oxygens (including phenoxy) is 1. The van der Waals surface area contributed by atoms with E-state index in [4.69, 9.17) is 4.74 Å². The monoisotopic (exact) mass is 207 g/mol. The van der Waals surface area contributed by atoms with Crippen LogP contribution in [0.5, 0.6) is 0 Å². The fraction of sp³-hybridized carbons (Fsp3) is 0.545. The van der Waals surface area contributed by atoms with Crippen LogP contribution in [-0.2, 0) is 11.3 Å². The van der Waals surface area contributed by atoms with Crippen molar-refractivity contribution in [3.8, 4) is 0 Å². The van der Waals surface area contributed by atoms with Crippen molar-refractivity contribution in [3.63, 3.8) is 0 Å². The van der Waals surface area contributed by atoms with Gasteiger partial charge in [-0.25, -0.2) is 4.98 Å². The van der Waals surface area contributed by atoms with Gasteiger partial charge in [-0.3, -0.25) is 0 Å². The zero-order valence-electron chi connectivity index (χ0n) is 9.07. The second-order valence-corrected chi connectivity index (χ2v) is 4.18. The molecule has 2 heterocycles. The number of imidazole rings is 1. The Bertz CT molecular complexity index is 339. The SMILES string of the molecule is C=CCn1ccnc1NC1(C)CCOC1. The van der Waals surface area contributed by atoms with E-state index in [1.165, 1.54) is 0 Å². The number of aromatic nitrogens is 2. The average molecular weight is 207 g/mol. The summed E-state index contributed by atoms with van der Waals surface area (Å²) in [5.41, 5.74) is 0.0181. The number of nitrogens with zero attached hydrogens (tertiary/aromatic N) is 2. The van der Waals surface area contributed by atoms with Crippen LogP contribution < -0.4 is 5.32 Å². The first kappa shape index (κ1) is 10.2. The zero-order chi connectivity index (χ0) is 10.7. The van der Waals surface area contributed by atoms with Crippen LogP contribution in [0.3, 0.4) is 0 Å². The summed E-state index contributed by atoms with van der Waals surface area (Å²) in [6.07, 6.45) is 6.63. The van der Waals surface area contributed by atoms with Crippen LogP contribution >= 0.6 is 0 Å². The molecule has 0 saturated carbocycles. The van der Waals surface area contributed by atoms with Gasteiger partial charge in [0.15, 0.2) is 0 Å². The lowest BCUT2D eigenvalue weighted by molar-refractivity contribution is 0.185. The first-order valence-corrected chi connectivity index (χ1v) is 5.21. The van der Waals surface area contributed by atoms with Gasteiger partial charge in [-0.05, 0) is 13.3 Å². The highest BCUT2D eigenvalue weighted by atomic mass is 16.5. The fourth-order valence-corrected chi connectivity index (χ4v) is 1.76. The molecule has 0 amide bonds. The molecule has 1 aromatic heterocycles. The van der Waals surface area contributed by atoms with Crippen LogP contribution in [-0.4, -0.2) is 28.3 Å². The van der Waals surface area contributed by atoms with Crippen LogP contribution in [0.2, 0.25) is 0 Å². The van der Waals surface area contributed by atoms with E-state index in [0.29, 0.717) is 0 Å². The second-order valence-electron chi connectivity index (χ2n) is 4.18. The molecule has 1 fully saturated rings. The summed E-state index contributed by atoms with van der Waals surface area (Å²) in [5.74, 6) is 0.892. The summed E-state index contributed by atoms with van der Waals surface area (Å²) in [7, 11) is 0. The van der Waals surface area contributed by atoms with E-state index >= 15 is 0 Å². The van der Waals surface area contributed by atoms with Gasteiger partial charge in [-0.15, -0.1) is 6.58 Å². The summed E-state index contributed by atoms with van der Waals surface area (Å²) >= 11 is 0. The first-order valence-electron chi connectivity index (χ1n) is 5.21. The Balaban J connectivity index is 2.09. The molecule has 1 aliphatic heterocycles. The Labute approximate surface area is 90.0 Å². The van der Waals surface area contributed by atoms with Crippen molar-refractivity contribution in [1.29, 1.82) is 0 Å². The second kappa shape index (κ2) is 4.06. The molecule has 1 atom stereocenters. The predicted octanol–water partition coefficient (Wildman–Crippen LogP) is 1.66. The summed E-state index contributed by atoms with van der Waals surface area (Å²) in [4.78, 5) is 4.29. The molecule has 15 heavy (non-hydrogen) atoms. The molecule has 1 saturated heterocycles. The van der Waals surface area contributed by atoms with Gasteiger partial charge in [-0.1, -0.05) is 6.08 Å². The third-order valence-corrected chi connectivity index (χ3v) is 2.67. The molecule has 1 aromatic rings. The fourth-order valence-electron chi connectivity index (χ4n) is 1.76. The highest BCUT2D eigenvalue weighted by molar-refractivity contribution is 5.31. The molecule has 2 rings (SSSR count).